The average Bonchev–Trinajstić information content (AvgIpc) is 2.52. The van der Waals surface area contributed by atoms with E-state index >= 15 is 0 Å². The molecule has 5 heteroatoms. The number of carbonyl (C=O) groups excluding carboxylic acids is 1. The Morgan fingerprint density at radius 1 is 1.28 bits per heavy atom. The number of hydrogen-bond donors (Lipinski definition) is 2. The van der Waals surface area contributed by atoms with Crippen molar-refractivity contribution in [3.8, 4) is 0 Å². The molecule has 0 unspecified atom stereocenters. The van der Waals surface area contributed by atoms with Gasteiger partial charge in [0.15, 0.2) is 0 Å². The van der Waals surface area contributed by atoms with Gasteiger partial charge in [0.05, 0.1) is 12.1 Å². The fourth-order valence-electron chi connectivity index (χ4n) is 2.16. The second kappa shape index (κ2) is 6.50. The molecule has 0 aromatic rings. The monoisotopic (exact) mass is 259 g/mol. The highest BCUT2D eigenvalue weighted by atomic mass is 16.5. The lowest BCUT2D eigenvalue weighted by Crippen LogP contribution is -2.53. The molecule has 3 atom stereocenters. The highest BCUT2D eigenvalue weighted by molar-refractivity contribution is 5.84. The number of aliphatic hydroxyl groups is 1. The quantitative estimate of drug-likeness (QED) is 0.734. The van der Waals surface area contributed by atoms with Gasteiger partial charge in [0.25, 0.3) is 5.91 Å². The van der Waals surface area contributed by atoms with E-state index in [2.05, 4.69) is 5.32 Å². The summed E-state index contributed by atoms with van der Waals surface area (Å²) < 4.78 is 10.4. The molecule has 0 spiro atoms. The van der Waals surface area contributed by atoms with Crippen molar-refractivity contribution >= 4 is 5.91 Å². The first kappa shape index (κ1) is 15.4. The molecular formula is C13H25NO4. The summed E-state index contributed by atoms with van der Waals surface area (Å²) in [7, 11) is 3.10. The summed E-state index contributed by atoms with van der Waals surface area (Å²) >= 11 is 0. The van der Waals surface area contributed by atoms with E-state index in [9.17, 15) is 9.90 Å². The maximum absolute atomic E-state index is 12.0. The maximum Gasteiger partial charge on any atom is 0.251 e. The summed E-state index contributed by atoms with van der Waals surface area (Å²) in [6.07, 6.45) is 2.73. The summed E-state index contributed by atoms with van der Waals surface area (Å²) in [5.74, 6) is -0.203. The Morgan fingerprint density at radius 3 is 2.44 bits per heavy atom. The van der Waals surface area contributed by atoms with Crippen LogP contribution in [0, 0.1) is 0 Å². The van der Waals surface area contributed by atoms with Gasteiger partial charge < -0.3 is 19.9 Å². The molecule has 1 aliphatic carbocycles. The molecule has 1 amide bonds. The van der Waals surface area contributed by atoms with Gasteiger partial charge in [-0.15, -0.1) is 0 Å². The molecule has 0 aromatic carbocycles. The number of ether oxygens (including phenoxy) is 2. The van der Waals surface area contributed by atoms with Crippen LogP contribution in [0.3, 0.4) is 0 Å². The van der Waals surface area contributed by atoms with E-state index in [4.69, 9.17) is 9.47 Å². The minimum Gasteiger partial charge on any atom is -0.388 e. The van der Waals surface area contributed by atoms with Gasteiger partial charge in [-0.3, -0.25) is 4.79 Å². The van der Waals surface area contributed by atoms with Crippen molar-refractivity contribution < 1.29 is 19.4 Å². The molecule has 5 nitrogen and oxygen atoms in total. The lowest BCUT2D eigenvalue weighted by molar-refractivity contribution is -0.142. The first-order valence-electron chi connectivity index (χ1n) is 6.49. The molecule has 106 valence electrons. The van der Waals surface area contributed by atoms with Crippen LogP contribution in [0.25, 0.3) is 0 Å². The highest BCUT2D eigenvalue weighted by Crippen LogP contribution is 2.21. The molecule has 0 radical (unpaired) electrons. The van der Waals surface area contributed by atoms with Crippen LogP contribution < -0.4 is 5.32 Å². The van der Waals surface area contributed by atoms with Gasteiger partial charge in [-0.05, 0) is 26.7 Å². The molecular weight excluding hydrogens is 234 g/mol. The molecule has 2 N–H and O–H groups in total. The average molecular weight is 259 g/mol. The molecule has 0 aromatic heterocycles. The van der Waals surface area contributed by atoms with E-state index in [0.717, 1.165) is 25.7 Å². The summed E-state index contributed by atoms with van der Waals surface area (Å²) in [5.41, 5.74) is -0.880. The van der Waals surface area contributed by atoms with Crippen LogP contribution in [-0.4, -0.2) is 49.1 Å². The van der Waals surface area contributed by atoms with Crippen molar-refractivity contribution in [1.29, 1.82) is 0 Å². The summed E-state index contributed by atoms with van der Waals surface area (Å²) in [6, 6.07) is -0.264. The van der Waals surface area contributed by atoms with Crippen molar-refractivity contribution in [2.45, 2.75) is 63.4 Å². The zero-order valence-corrected chi connectivity index (χ0v) is 11.7. The van der Waals surface area contributed by atoms with Crippen LogP contribution in [0.2, 0.25) is 0 Å². The molecule has 1 saturated carbocycles. The van der Waals surface area contributed by atoms with Crippen LogP contribution in [0.1, 0.15) is 39.5 Å². The Labute approximate surface area is 109 Å². The van der Waals surface area contributed by atoms with Crippen molar-refractivity contribution in [1.82, 2.24) is 5.32 Å². The fourth-order valence-corrected chi connectivity index (χ4v) is 2.16. The van der Waals surface area contributed by atoms with Gasteiger partial charge >= 0.3 is 0 Å². The lowest BCUT2D eigenvalue weighted by Gasteiger charge is -2.30. The third kappa shape index (κ3) is 3.67. The summed E-state index contributed by atoms with van der Waals surface area (Å²) in [5, 5.41) is 13.1. The molecule has 0 aliphatic heterocycles. The highest BCUT2D eigenvalue weighted by Gasteiger charge is 2.35. The van der Waals surface area contributed by atoms with Crippen molar-refractivity contribution in [2.24, 2.45) is 0 Å². The van der Waals surface area contributed by atoms with Crippen LogP contribution in [-0.2, 0) is 14.3 Å². The second-order valence-electron chi connectivity index (χ2n) is 5.34. The zero-order chi connectivity index (χ0) is 13.8. The Kier molecular flexibility index (Phi) is 5.56. The van der Waals surface area contributed by atoms with Crippen LogP contribution in [0.4, 0.5) is 0 Å². The first-order chi connectivity index (χ1) is 8.42. The molecule has 1 aliphatic rings. The molecule has 1 fully saturated rings. The SMILES string of the molecule is CO[C@@H]1CCCC[C@@H](NC(=O)C(C)(C)OC)[C@H]1O. The number of nitrogens with one attached hydrogen (secondary N) is 1. The first-order valence-corrected chi connectivity index (χ1v) is 6.49. The van der Waals surface area contributed by atoms with Crippen LogP contribution in [0.5, 0.6) is 0 Å². The zero-order valence-electron chi connectivity index (χ0n) is 11.7. The standard InChI is InChI=1S/C13H25NO4/c1-13(2,18-4)12(16)14-9-7-5-6-8-10(17-3)11(9)15/h9-11,15H,5-8H2,1-4H3,(H,14,16)/t9-,10-,11-/m1/s1. The number of methoxy groups -OCH3 is 2. The Bertz CT molecular complexity index is 280. The number of rotatable bonds is 4. The molecule has 0 bridgehead atoms. The predicted molar refractivity (Wildman–Crippen MR) is 68.3 cm³/mol. The van der Waals surface area contributed by atoms with E-state index in [-0.39, 0.29) is 18.1 Å². The summed E-state index contributed by atoms with van der Waals surface area (Å²) in [6.45, 7) is 3.42. The Morgan fingerprint density at radius 2 is 1.89 bits per heavy atom. The maximum atomic E-state index is 12.0. The Hall–Kier alpha value is -0.650. The molecule has 0 saturated heterocycles. The van der Waals surface area contributed by atoms with E-state index in [0.29, 0.717) is 0 Å². The van der Waals surface area contributed by atoms with Gasteiger partial charge in [0.2, 0.25) is 0 Å². The van der Waals surface area contributed by atoms with E-state index in [1.165, 1.54) is 7.11 Å². The van der Waals surface area contributed by atoms with Gasteiger partial charge in [0.1, 0.15) is 11.7 Å². The van der Waals surface area contributed by atoms with Crippen molar-refractivity contribution in [3.63, 3.8) is 0 Å². The molecule has 1 rings (SSSR count). The number of hydrogen-bond acceptors (Lipinski definition) is 4. The van der Waals surface area contributed by atoms with Gasteiger partial charge in [-0.1, -0.05) is 12.8 Å². The third-order valence-corrected chi connectivity index (χ3v) is 3.72. The second-order valence-corrected chi connectivity index (χ2v) is 5.34. The smallest absolute Gasteiger partial charge is 0.251 e. The van der Waals surface area contributed by atoms with Crippen molar-refractivity contribution in [3.05, 3.63) is 0 Å². The van der Waals surface area contributed by atoms with E-state index < -0.39 is 11.7 Å². The van der Waals surface area contributed by atoms with Crippen LogP contribution in [0.15, 0.2) is 0 Å². The van der Waals surface area contributed by atoms with E-state index in [1.807, 2.05) is 0 Å². The van der Waals surface area contributed by atoms with E-state index in [1.54, 1.807) is 21.0 Å². The summed E-state index contributed by atoms with van der Waals surface area (Å²) in [4.78, 5) is 12.0. The number of carbonyl (C=O) groups is 1. The minimum atomic E-state index is -0.880. The Balaban J connectivity index is 2.66. The normalized spacial score (nSPS) is 29.7. The van der Waals surface area contributed by atoms with Crippen molar-refractivity contribution in [2.75, 3.05) is 14.2 Å². The van der Waals surface area contributed by atoms with Crippen LogP contribution >= 0.6 is 0 Å². The number of aliphatic hydroxyl groups excluding tert-OH is 1. The third-order valence-electron chi connectivity index (χ3n) is 3.72. The van der Waals surface area contributed by atoms with Gasteiger partial charge in [-0.2, -0.15) is 0 Å². The van der Waals surface area contributed by atoms with Gasteiger partial charge in [-0.25, -0.2) is 0 Å². The van der Waals surface area contributed by atoms with Gasteiger partial charge in [0, 0.05) is 14.2 Å². The predicted octanol–water partition coefficient (Wildman–Crippen LogP) is 0.846. The largest absolute Gasteiger partial charge is 0.388 e. The lowest BCUT2D eigenvalue weighted by atomic mass is 10.0. The topological polar surface area (TPSA) is 67.8 Å². The molecule has 0 heterocycles. The minimum absolute atomic E-state index is 0.203. The fraction of sp³-hybridized carbons (Fsp3) is 0.923. The number of amides is 1. The molecule has 18 heavy (non-hydrogen) atoms.